The fourth-order valence-corrected chi connectivity index (χ4v) is 8.76. The van der Waals surface area contributed by atoms with Crippen LogP contribution < -0.4 is 4.90 Å². The Hall–Kier alpha value is -6.42. The molecule has 0 bridgehead atoms. The van der Waals surface area contributed by atoms with Crippen LogP contribution in [0.4, 0.5) is 17.1 Å². The molecule has 51 heavy (non-hydrogen) atoms. The maximum atomic E-state index is 2.46. The van der Waals surface area contributed by atoms with Crippen molar-refractivity contribution in [2.45, 2.75) is 0 Å². The van der Waals surface area contributed by atoms with Crippen molar-refractivity contribution < 1.29 is 0 Å². The molecule has 0 N–H and O–H groups in total. The van der Waals surface area contributed by atoms with E-state index in [0.29, 0.717) is 0 Å². The normalized spacial score (nSPS) is 11.5. The first-order chi connectivity index (χ1) is 25.3. The van der Waals surface area contributed by atoms with Gasteiger partial charge in [-0.3, -0.25) is 0 Å². The monoisotopic (exact) mass is 668 g/mol. The van der Waals surface area contributed by atoms with Crippen LogP contribution in [-0.2, 0) is 0 Å². The van der Waals surface area contributed by atoms with Gasteiger partial charge in [-0.1, -0.05) is 121 Å². The van der Waals surface area contributed by atoms with Crippen LogP contribution in [0.3, 0.4) is 0 Å². The SMILES string of the molecule is c1ccc(-c2ccc(N(c3ccccc3)c3cccc(-c4ccc5c(c4)c4ccccc4n5-c4cccc5sc6ccccc6c45)c3)cc2)cc1. The molecule has 0 aliphatic carbocycles. The lowest BCUT2D eigenvalue weighted by molar-refractivity contribution is 1.20. The Labute approximate surface area is 300 Å². The number of aromatic nitrogens is 1. The van der Waals surface area contributed by atoms with Gasteiger partial charge >= 0.3 is 0 Å². The molecule has 0 aliphatic heterocycles. The molecular weight excluding hydrogens is 637 g/mol. The second-order valence-electron chi connectivity index (χ2n) is 13.0. The Bertz CT molecular complexity index is 2850. The second kappa shape index (κ2) is 12.2. The van der Waals surface area contributed by atoms with Crippen LogP contribution in [0.25, 0.3) is 69.9 Å². The minimum Gasteiger partial charge on any atom is -0.310 e. The molecular formula is C48H32N2S. The molecule has 0 aliphatic rings. The average Bonchev–Trinajstić information content (AvgIpc) is 3.75. The summed E-state index contributed by atoms with van der Waals surface area (Å²) < 4.78 is 5.09. The third-order valence-electron chi connectivity index (χ3n) is 9.98. The number of nitrogens with zero attached hydrogens (tertiary/aromatic N) is 2. The van der Waals surface area contributed by atoms with E-state index in [1.54, 1.807) is 0 Å². The molecule has 2 nitrogen and oxygen atoms in total. The van der Waals surface area contributed by atoms with Crippen molar-refractivity contribution in [1.29, 1.82) is 0 Å². The fraction of sp³-hybridized carbons (Fsp3) is 0. The van der Waals surface area contributed by atoms with Crippen LogP contribution >= 0.6 is 11.3 Å². The van der Waals surface area contributed by atoms with Gasteiger partial charge in [-0.15, -0.1) is 11.3 Å². The number of hydrogen-bond donors (Lipinski definition) is 0. The summed E-state index contributed by atoms with van der Waals surface area (Å²) in [5.41, 5.74) is 11.8. The summed E-state index contributed by atoms with van der Waals surface area (Å²) in [6.07, 6.45) is 0. The Morgan fingerprint density at radius 2 is 0.922 bits per heavy atom. The molecule has 0 unspecified atom stereocenters. The van der Waals surface area contributed by atoms with Gasteiger partial charge < -0.3 is 9.47 Å². The minimum absolute atomic E-state index is 1.12. The van der Waals surface area contributed by atoms with Gasteiger partial charge in [0, 0.05) is 48.0 Å². The van der Waals surface area contributed by atoms with E-state index in [0.717, 1.165) is 17.1 Å². The standard InChI is InChI=1S/C48H32N2S/c1-3-13-33(14-4-1)34-25-28-38(29-26-34)49(37-16-5-2-6-17-37)39-18-11-15-35(31-39)36-27-30-44-42(32-36)40-19-7-9-21-43(40)50(44)45-22-12-24-47-48(45)41-20-8-10-23-46(41)51-47/h1-32H. The van der Waals surface area contributed by atoms with Crippen LogP contribution in [0.2, 0.25) is 0 Å². The molecule has 10 rings (SSSR count). The smallest absolute Gasteiger partial charge is 0.0555 e. The summed E-state index contributed by atoms with van der Waals surface area (Å²) in [7, 11) is 0. The van der Waals surface area contributed by atoms with Gasteiger partial charge in [0.2, 0.25) is 0 Å². The van der Waals surface area contributed by atoms with E-state index in [1.807, 2.05) is 11.3 Å². The van der Waals surface area contributed by atoms with Gasteiger partial charge in [0.05, 0.1) is 16.7 Å². The third kappa shape index (κ3) is 5.01. The maximum Gasteiger partial charge on any atom is 0.0555 e. The summed E-state index contributed by atoms with van der Waals surface area (Å²) in [5, 5.41) is 5.13. The zero-order chi connectivity index (χ0) is 33.7. The summed E-state index contributed by atoms with van der Waals surface area (Å²) in [6.45, 7) is 0. The van der Waals surface area contributed by atoms with Crippen LogP contribution in [-0.4, -0.2) is 4.57 Å². The predicted octanol–water partition coefficient (Wildman–Crippen LogP) is 14.0. The summed E-state index contributed by atoms with van der Waals surface area (Å²) in [4.78, 5) is 2.34. The first kappa shape index (κ1) is 29.5. The van der Waals surface area contributed by atoms with Gasteiger partial charge in [0.15, 0.2) is 0 Å². The van der Waals surface area contributed by atoms with Gasteiger partial charge in [0.1, 0.15) is 0 Å². The zero-order valence-corrected chi connectivity index (χ0v) is 28.6. The predicted molar refractivity (Wildman–Crippen MR) is 219 cm³/mol. The lowest BCUT2D eigenvalue weighted by Gasteiger charge is -2.26. The van der Waals surface area contributed by atoms with E-state index >= 15 is 0 Å². The van der Waals surface area contributed by atoms with Gasteiger partial charge in [-0.05, 0) is 95.1 Å². The van der Waals surface area contributed by atoms with E-state index in [9.17, 15) is 0 Å². The Morgan fingerprint density at radius 3 is 1.76 bits per heavy atom. The molecule has 0 radical (unpaired) electrons. The van der Waals surface area contributed by atoms with Crippen LogP contribution in [0.15, 0.2) is 194 Å². The van der Waals surface area contributed by atoms with E-state index in [4.69, 9.17) is 0 Å². The number of rotatable bonds is 6. The molecule has 2 aromatic heterocycles. The van der Waals surface area contributed by atoms with Crippen LogP contribution in [0.5, 0.6) is 0 Å². The Morgan fingerprint density at radius 1 is 0.353 bits per heavy atom. The summed E-state index contributed by atoms with van der Waals surface area (Å²) in [6, 6.07) is 70.3. The highest BCUT2D eigenvalue weighted by molar-refractivity contribution is 7.25. The number of thiophene rings is 1. The molecule has 10 aromatic rings. The second-order valence-corrected chi connectivity index (χ2v) is 14.1. The number of para-hydroxylation sites is 2. The van der Waals surface area contributed by atoms with Crippen molar-refractivity contribution in [3.63, 3.8) is 0 Å². The molecule has 0 fully saturated rings. The van der Waals surface area contributed by atoms with Crippen LogP contribution in [0.1, 0.15) is 0 Å². The van der Waals surface area contributed by atoms with Crippen molar-refractivity contribution in [2.24, 2.45) is 0 Å². The highest BCUT2D eigenvalue weighted by Crippen LogP contribution is 2.42. The molecule has 0 atom stereocenters. The molecule has 240 valence electrons. The largest absolute Gasteiger partial charge is 0.310 e. The first-order valence-electron chi connectivity index (χ1n) is 17.4. The topological polar surface area (TPSA) is 8.17 Å². The van der Waals surface area contributed by atoms with E-state index in [2.05, 4.69) is 204 Å². The zero-order valence-electron chi connectivity index (χ0n) is 27.8. The van der Waals surface area contributed by atoms with Gasteiger partial charge in [0.25, 0.3) is 0 Å². The van der Waals surface area contributed by atoms with Crippen molar-refractivity contribution in [3.8, 4) is 27.9 Å². The molecule has 8 aromatic carbocycles. The number of benzene rings is 8. The average molecular weight is 669 g/mol. The molecule has 0 saturated heterocycles. The lowest BCUT2D eigenvalue weighted by Crippen LogP contribution is -2.09. The van der Waals surface area contributed by atoms with Gasteiger partial charge in [-0.25, -0.2) is 0 Å². The van der Waals surface area contributed by atoms with Crippen molar-refractivity contribution in [2.75, 3.05) is 4.90 Å². The maximum absolute atomic E-state index is 2.46. The molecule has 3 heteroatoms. The Balaban J connectivity index is 1.11. The molecule has 0 saturated carbocycles. The van der Waals surface area contributed by atoms with Crippen LogP contribution in [0, 0.1) is 0 Å². The van der Waals surface area contributed by atoms with Gasteiger partial charge in [-0.2, -0.15) is 0 Å². The summed E-state index contributed by atoms with van der Waals surface area (Å²) >= 11 is 1.87. The van der Waals surface area contributed by atoms with E-state index in [1.165, 1.54) is 69.9 Å². The third-order valence-corrected chi connectivity index (χ3v) is 11.1. The number of fused-ring (bicyclic) bond motifs is 6. The van der Waals surface area contributed by atoms with Crippen molar-refractivity contribution >= 4 is 70.4 Å². The highest BCUT2D eigenvalue weighted by Gasteiger charge is 2.18. The molecule has 2 heterocycles. The number of hydrogen-bond acceptors (Lipinski definition) is 2. The highest BCUT2D eigenvalue weighted by atomic mass is 32.1. The minimum atomic E-state index is 1.12. The van der Waals surface area contributed by atoms with E-state index in [-0.39, 0.29) is 0 Å². The van der Waals surface area contributed by atoms with E-state index < -0.39 is 0 Å². The van der Waals surface area contributed by atoms with Crippen molar-refractivity contribution in [3.05, 3.63) is 194 Å². The Kier molecular flexibility index (Phi) is 7.04. The lowest BCUT2D eigenvalue weighted by atomic mass is 10.0. The molecule has 0 amide bonds. The fourth-order valence-electron chi connectivity index (χ4n) is 7.64. The summed E-state index contributed by atoms with van der Waals surface area (Å²) in [5.74, 6) is 0. The first-order valence-corrected chi connectivity index (χ1v) is 18.2. The molecule has 0 spiro atoms. The number of anilines is 3. The quantitative estimate of drug-likeness (QED) is 0.171. The van der Waals surface area contributed by atoms with Crippen molar-refractivity contribution in [1.82, 2.24) is 4.57 Å².